The number of aromatic nitrogens is 3. The van der Waals surface area contributed by atoms with E-state index in [1.165, 1.54) is 19.3 Å². The van der Waals surface area contributed by atoms with Gasteiger partial charge in [-0.3, -0.25) is 4.98 Å². The van der Waals surface area contributed by atoms with Gasteiger partial charge >= 0.3 is 0 Å². The van der Waals surface area contributed by atoms with Crippen LogP contribution < -0.4 is 11.1 Å². The van der Waals surface area contributed by atoms with E-state index in [4.69, 9.17) is 5.73 Å². The van der Waals surface area contributed by atoms with Gasteiger partial charge in [0, 0.05) is 58.0 Å². The third kappa shape index (κ3) is 4.46. The predicted octanol–water partition coefficient (Wildman–Crippen LogP) is 6.44. The summed E-state index contributed by atoms with van der Waals surface area (Å²) < 4.78 is 15.7. The number of fused-ring (bicyclic) bond motifs is 1. The number of nitrogen functional groups attached to an aromatic ring is 1. The van der Waals surface area contributed by atoms with Crippen LogP contribution in [0.15, 0.2) is 67.3 Å². The number of benzene rings is 1. The summed E-state index contributed by atoms with van der Waals surface area (Å²) in [5.41, 5.74) is 11.7. The van der Waals surface area contributed by atoms with Crippen LogP contribution in [0.4, 0.5) is 15.8 Å². The Balaban J connectivity index is 1.41. The maximum atomic E-state index is 15.7. The molecule has 0 aliphatic heterocycles. The molecule has 1 aliphatic rings. The highest BCUT2D eigenvalue weighted by molar-refractivity contribution is 5.77. The number of hydrogen-bond acceptors (Lipinski definition) is 4. The number of halogens is 1. The molecule has 168 valence electrons. The fraction of sp³-hybridized carbons (Fsp3) is 0.259. The number of nitrogens with two attached hydrogens (primary N) is 1. The number of allylic oxidation sites excluding steroid dienone is 1. The van der Waals surface area contributed by atoms with E-state index >= 15 is 4.39 Å². The van der Waals surface area contributed by atoms with Gasteiger partial charge in [0.15, 0.2) is 0 Å². The summed E-state index contributed by atoms with van der Waals surface area (Å²) in [6, 6.07) is 11.2. The minimum Gasteiger partial charge on any atom is -0.398 e. The highest BCUT2D eigenvalue weighted by Gasteiger charge is 2.18. The summed E-state index contributed by atoms with van der Waals surface area (Å²) in [6.07, 6.45) is 11.6. The summed E-state index contributed by atoms with van der Waals surface area (Å²) in [5.74, 6) is 0.153. The third-order valence-electron chi connectivity index (χ3n) is 6.55. The molecule has 0 spiro atoms. The van der Waals surface area contributed by atoms with E-state index in [1.807, 2.05) is 24.3 Å². The first-order chi connectivity index (χ1) is 16.1. The predicted molar refractivity (Wildman–Crippen MR) is 132 cm³/mol. The van der Waals surface area contributed by atoms with Crippen molar-refractivity contribution in [1.82, 2.24) is 15.0 Å². The normalized spacial score (nSPS) is 14.5. The number of nitrogens with zero attached hydrogens (tertiary/aromatic N) is 2. The van der Waals surface area contributed by atoms with E-state index < -0.39 is 0 Å². The van der Waals surface area contributed by atoms with Gasteiger partial charge in [0.1, 0.15) is 11.5 Å². The zero-order valence-electron chi connectivity index (χ0n) is 18.6. The van der Waals surface area contributed by atoms with Crippen LogP contribution in [0.2, 0.25) is 0 Å². The second-order valence-corrected chi connectivity index (χ2v) is 8.85. The molecule has 1 aromatic carbocycles. The summed E-state index contributed by atoms with van der Waals surface area (Å²) in [6.45, 7) is 4.25. The average Bonchev–Trinajstić information content (AvgIpc) is 3.25. The molecule has 4 N–H and O–H groups in total. The van der Waals surface area contributed by atoms with Crippen molar-refractivity contribution in [2.24, 2.45) is 5.92 Å². The smallest absolute Gasteiger partial charge is 0.137 e. The van der Waals surface area contributed by atoms with Gasteiger partial charge in [-0.05, 0) is 55.2 Å². The van der Waals surface area contributed by atoms with Gasteiger partial charge in [-0.2, -0.15) is 0 Å². The van der Waals surface area contributed by atoms with Crippen LogP contribution in [-0.4, -0.2) is 15.0 Å². The van der Waals surface area contributed by atoms with E-state index in [1.54, 1.807) is 30.7 Å². The summed E-state index contributed by atoms with van der Waals surface area (Å²) in [7, 11) is 0. The van der Waals surface area contributed by atoms with Crippen molar-refractivity contribution in [1.29, 1.82) is 0 Å². The third-order valence-corrected chi connectivity index (χ3v) is 6.55. The molecule has 1 aliphatic carbocycles. The van der Waals surface area contributed by atoms with Gasteiger partial charge in [-0.1, -0.05) is 25.8 Å². The second-order valence-electron chi connectivity index (χ2n) is 8.85. The van der Waals surface area contributed by atoms with E-state index in [-0.39, 0.29) is 5.82 Å². The fourth-order valence-corrected chi connectivity index (χ4v) is 4.73. The summed E-state index contributed by atoms with van der Waals surface area (Å²) in [5, 5.41) is 4.40. The monoisotopic (exact) mass is 441 g/mol. The Hall–Kier alpha value is -3.67. The lowest BCUT2D eigenvalue weighted by Gasteiger charge is -2.24. The van der Waals surface area contributed by atoms with E-state index in [0.717, 1.165) is 41.0 Å². The Morgan fingerprint density at radius 1 is 1.15 bits per heavy atom. The van der Waals surface area contributed by atoms with Crippen molar-refractivity contribution < 1.29 is 4.39 Å². The molecule has 0 unspecified atom stereocenters. The Morgan fingerprint density at radius 3 is 2.82 bits per heavy atom. The number of H-pyrrole nitrogens is 1. The molecule has 0 amide bonds. The number of pyridine rings is 2. The summed E-state index contributed by atoms with van der Waals surface area (Å²) >= 11 is 0. The van der Waals surface area contributed by atoms with Crippen LogP contribution in [0.5, 0.6) is 0 Å². The highest BCUT2D eigenvalue weighted by Crippen LogP contribution is 2.33. The first-order valence-corrected chi connectivity index (χ1v) is 11.5. The second kappa shape index (κ2) is 9.06. The fourth-order valence-electron chi connectivity index (χ4n) is 4.73. The minimum absolute atomic E-state index is 0.327. The van der Waals surface area contributed by atoms with E-state index in [0.29, 0.717) is 34.7 Å². The molecule has 0 atom stereocenters. The standard InChI is InChI=1S/C27H28FN5/c1-17(18-6-3-2-4-7-18)32-22-13-20(15-30-16-22)23-9-10-25(29)24(26(23)28)14-21-12-19-8-5-11-31-27(19)33-21/h5,8-13,15-16,18,32H,1-4,6-7,14,29H2,(H,31,33). The topological polar surface area (TPSA) is 79.6 Å². The first kappa shape index (κ1) is 21.2. The summed E-state index contributed by atoms with van der Waals surface area (Å²) in [4.78, 5) is 11.9. The lowest BCUT2D eigenvalue weighted by atomic mass is 9.87. The molecule has 3 heterocycles. The van der Waals surface area contributed by atoms with Crippen molar-refractivity contribution in [2.75, 3.05) is 11.1 Å². The Bertz CT molecular complexity index is 1270. The van der Waals surface area contributed by atoms with Gasteiger partial charge in [0.05, 0.1) is 11.9 Å². The van der Waals surface area contributed by atoms with E-state index in [9.17, 15) is 0 Å². The molecule has 0 bridgehead atoms. The molecule has 33 heavy (non-hydrogen) atoms. The van der Waals surface area contributed by atoms with Gasteiger partial charge in [0.25, 0.3) is 0 Å². The van der Waals surface area contributed by atoms with Crippen LogP contribution in [0.1, 0.15) is 43.4 Å². The number of rotatable bonds is 6. The minimum atomic E-state index is -0.327. The van der Waals surface area contributed by atoms with Gasteiger partial charge < -0.3 is 16.0 Å². The number of nitrogens with one attached hydrogen (secondary N) is 2. The van der Waals surface area contributed by atoms with Crippen molar-refractivity contribution in [3.8, 4) is 11.1 Å². The van der Waals surface area contributed by atoms with Crippen LogP contribution in [0.25, 0.3) is 22.2 Å². The van der Waals surface area contributed by atoms with Crippen LogP contribution >= 0.6 is 0 Å². The Morgan fingerprint density at radius 2 is 2.00 bits per heavy atom. The van der Waals surface area contributed by atoms with Gasteiger partial charge in [-0.15, -0.1) is 0 Å². The number of aromatic amines is 1. The Kier molecular flexibility index (Phi) is 5.82. The molecule has 1 fully saturated rings. The molecule has 6 heteroatoms. The van der Waals surface area contributed by atoms with Crippen molar-refractivity contribution in [3.63, 3.8) is 0 Å². The van der Waals surface area contributed by atoms with Crippen LogP contribution in [-0.2, 0) is 6.42 Å². The van der Waals surface area contributed by atoms with Crippen LogP contribution in [0, 0.1) is 11.7 Å². The molecule has 3 aromatic heterocycles. The maximum absolute atomic E-state index is 15.7. The molecule has 0 saturated heterocycles. The van der Waals surface area contributed by atoms with Crippen LogP contribution in [0.3, 0.4) is 0 Å². The molecule has 5 nitrogen and oxygen atoms in total. The number of anilines is 2. The molecule has 5 rings (SSSR count). The SMILES string of the molecule is C=C(Nc1cncc(-c2ccc(N)c(Cc3cc4cccnc4[nH]3)c2F)c1)C1CCCCC1. The van der Waals surface area contributed by atoms with Crippen molar-refractivity contribution in [2.45, 2.75) is 38.5 Å². The maximum Gasteiger partial charge on any atom is 0.137 e. The molecule has 0 radical (unpaired) electrons. The average molecular weight is 442 g/mol. The molecule has 4 aromatic rings. The molecular weight excluding hydrogens is 413 g/mol. The van der Waals surface area contributed by atoms with Crippen molar-refractivity contribution >= 4 is 22.4 Å². The lowest BCUT2D eigenvalue weighted by Crippen LogP contribution is -2.14. The molecule has 1 saturated carbocycles. The van der Waals surface area contributed by atoms with Crippen molar-refractivity contribution in [3.05, 3.63) is 84.3 Å². The number of hydrogen-bond donors (Lipinski definition) is 3. The lowest BCUT2D eigenvalue weighted by molar-refractivity contribution is 0.405. The largest absolute Gasteiger partial charge is 0.398 e. The van der Waals surface area contributed by atoms with E-state index in [2.05, 4.69) is 26.8 Å². The molecular formula is C27H28FN5. The Labute approximate surface area is 193 Å². The highest BCUT2D eigenvalue weighted by atomic mass is 19.1. The van der Waals surface area contributed by atoms with Gasteiger partial charge in [-0.25, -0.2) is 9.37 Å². The van der Waals surface area contributed by atoms with Gasteiger partial charge in [0.2, 0.25) is 0 Å². The quantitative estimate of drug-likeness (QED) is 0.301. The zero-order chi connectivity index (χ0) is 22.8. The zero-order valence-corrected chi connectivity index (χ0v) is 18.6. The first-order valence-electron chi connectivity index (χ1n) is 11.5.